The third-order valence-corrected chi connectivity index (χ3v) is 9.75. The Morgan fingerprint density at radius 3 is 2.59 bits per heavy atom. The zero-order valence-electron chi connectivity index (χ0n) is 22.8. The molecular weight excluding hydrogens is 486 g/mol. The van der Waals surface area contributed by atoms with Gasteiger partial charge in [0.25, 0.3) is 0 Å². The lowest BCUT2D eigenvalue weighted by molar-refractivity contribution is -0.123. The van der Waals surface area contributed by atoms with E-state index < -0.39 is 10.0 Å². The first-order chi connectivity index (χ1) is 17.6. The summed E-state index contributed by atoms with van der Waals surface area (Å²) in [7, 11) is -2.00. The number of carbonyl (C=O) groups excluding carboxylic acids is 1. The highest BCUT2D eigenvalue weighted by atomic mass is 32.2. The third-order valence-electron chi connectivity index (χ3n) is 7.65. The van der Waals surface area contributed by atoms with Gasteiger partial charge in [-0.25, -0.2) is 8.42 Å². The van der Waals surface area contributed by atoms with Gasteiger partial charge in [0.1, 0.15) is 0 Å². The summed E-state index contributed by atoms with van der Waals surface area (Å²) in [6.07, 6.45) is 10.1. The van der Waals surface area contributed by atoms with Crippen LogP contribution in [-0.2, 0) is 32.5 Å². The number of nitrogens with one attached hydrogen (secondary N) is 2. The molecule has 0 spiro atoms. The van der Waals surface area contributed by atoms with Gasteiger partial charge in [-0.2, -0.15) is 4.31 Å². The van der Waals surface area contributed by atoms with Crippen LogP contribution in [0.4, 0.5) is 0 Å². The fourth-order valence-electron chi connectivity index (χ4n) is 5.59. The highest BCUT2D eigenvalue weighted by Crippen LogP contribution is 2.33. The maximum Gasteiger partial charge on any atom is 0.239 e. The van der Waals surface area contributed by atoms with E-state index >= 15 is 0 Å². The van der Waals surface area contributed by atoms with Crippen molar-refractivity contribution in [2.75, 3.05) is 13.7 Å². The Balaban J connectivity index is 1.42. The second kappa shape index (κ2) is 11.7. The minimum atomic E-state index is -3.61. The van der Waals surface area contributed by atoms with Crippen LogP contribution in [0.3, 0.4) is 0 Å². The van der Waals surface area contributed by atoms with E-state index in [2.05, 4.69) is 49.6 Å². The second-order valence-electron chi connectivity index (χ2n) is 11.6. The van der Waals surface area contributed by atoms with Crippen molar-refractivity contribution in [2.24, 2.45) is 0 Å². The molecule has 1 aromatic carbocycles. The van der Waals surface area contributed by atoms with Crippen LogP contribution >= 0.6 is 0 Å². The molecule has 1 fully saturated rings. The molecule has 0 unspecified atom stereocenters. The van der Waals surface area contributed by atoms with Gasteiger partial charge in [-0.05, 0) is 88.1 Å². The Kier molecular flexibility index (Phi) is 8.81. The van der Waals surface area contributed by atoms with Crippen molar-refractivity contribution in [3.63, 3.8) is 0 Å². The van der Waals surface area contributed by atoms with Crippen LogP contribution < -0.4 is 10.6 Å². The number of amides is 1. The van der Waals surface area contributed by atoms with Crippen molar-refractivity contribution < 1.29 is 17.9 Å². The Hall–Kier alpha value is -2.16. The molecule has 8 heteroatoms. The number of fused-ring (bicyclic) bond motifs is 1. The molecule has 2 atom stereocenters. The number of sulfonamides is 1. The number of nitrogens with zero attached hydrogens (tertiary/aromatic N) is 1. The Morgan fingerprint density at radius 1 is 1.08 bits per heavy atom. The molecule has 1 amide bonds. The van der Waals surface area contributed by atoms with Crippen molar-refractivity contribution in [2.45, 2.75) is 103 Å². The highest BCUT2D eigenvalue weighted by molar-refractivity contribution is 7.93. The molecular formula is C29H43N3O4S. The molecule has 0 radical (unpaired) electrons. The number of carbonyl (C=O) groups is 1. The summed E-state index contributed by atoms with van der Waals surface area (Å²) >= 11 is 0. The summed E-state index contributed by atoms with van der Waals surface area (Å²) < 4.78 is 33.8. The molecule has 1 heterocycles. The van der Waals surface area contributed by atoms with Crippen molar-refractivity contribution in [3.05, 3.63) is 57.7 Å². The van der Waals surface area contributed by atoms with Crippen LogP contribution in [0.15, 0.2) is 41.0 Å². The lowest BCUT2D eigenvalue weighted by Gasteiger charge is -2.36. The lowest BCUT2D eigenvalue weighted by Crippen LogP contribution is -2.46. The number of hydrogen-bond donors (Lipinski definition) is 2. The molecule has 2 aliphatic carbocycles. The first-order valence-electron chi connectivity index (χ1n) is 13.7. The van der Waals surface area contributed by atoms with Crippen LogP contribution in [0.5, 0.6) is 0 Å². The van der Waals surface area contributed by atoms with E-state index in [-0.39, 0.29) is 30.0 Å². The van der Waals surface area contributed by atoms with E-state index in [0.29, 0.717) is 30.7 Å². The molecule has 7 nitrogen and oxygen atoms in total. The number of allylic oxidation sites excluding steroid dienone is 4. The Bertz CT molecular complexity index is 1150. The number of piperidine rings is 1. The van der Waals surface area contributed by atoms with Gasteiger partial charge in [-0.15, -0.1) is 0 Å². The van der Waals surface area contributed by atoms with Gasteiger partial charge in [0.2, 0.25) is 15.9 Å². The maximum atomic E-state index is 13.5. The minimum Gasteiger partial charge on any atom is -0.501 e. The van der Waals surface area contributed by atoms with Gasteiger partial charge in [0, 0.05) is 37.5 Å². The second-order valence-corrected chi connectivity index (χ2v) is 13.5. The number of hydrogen-bond acceptors (Lipinski definition) is 5. The van der Waals surface area contributed by atoms with Gasteiger partial charge in [0.15, 0.2) is 0 Å². The summed E-state index contributed by atoms with van der Waals surface area (Å²) in [4.78, 5) is 13.6. The van der Waals surface area contributed by atoms with E-state index in [1.807, 2.05) is 0 Å². The van der Waals surface area contributed by atoms with E-state index in [0.717, 1.165) is 44.4 Å². The largest absolute Gasteiger partial charge is 0.501 e. The van der Waals surface area contributed by atoms with Crippen molar-refractivity contribution >= 4 is 15.9 Å². The average molecular weight is 530 g/mol. The quantitative estimate of drug-likeness (QED) is 0.503. The molecule has 0 aromatic heterocycles. The zero-order chi connectivity index (χ0) is 26.6. The van der Waals surface area contributed by atoms with Crippen molar-refractivity contribution in [3.8, 4) is 0 Å². The standard InChI is InChI=1S/C29H43N3O4S/c1-29(2,3)30-20-21-11-16-26-22(18-21)8-7-10-27(26)31-28(33)19-23-9-5-6-17-32(23)37(34,35)25-14-12-24(36-4)13-15-25/h11-12,14,16,18,23,27,30H,5-10,13,15,17,19-20H2,1-4H3,(H,31,33)/t23-,27+/m0/s1. The summed E-state index contributed by atoms with van der Waals surface area (Å²) in [5.74, 6) is 0.724. The predicted molar refractivity (Wildman–Crippen MR) is 147 cm³/mol. The fraction of sp³-hybridized carbons (Fsp3) is 0.621. The summed E-state index contributed by atoms with van der Waals surface area (Å²) in [5.41, 5.74) is 3.82. The van der Waals surface area contributed by atoms with Gasteiger partial charge in [-0.1, -0.05) is 24.6 Å². The topological polar surface area (TPSA) is 87.7 Å². The molecule has 1 aromatic rings. The van der Waals surface area contributed by atoms with Crippen molar-refractivity contribution in [1.82, 2.24) is 14.9 Å². The van der Waals surface area contributed by atoms with E-state index in [4.69, 9.17) is 4.74 Å². The SMILES string of the molecule is COC1=CC=C(S(=O)(=O)N2CCCC[C@H]2CC(=O)N[C@@H]2CCCc3cc(CNC(C)(C)C)ccc32)CC1. The summed E-state index contributed by atoms with van der Waals surface area (Å²) in [6, 6.07) is 6.25. The normalized spacial score (nSPS) is 23.0. The van der Waals surface area contributed by atoms with Gasteiger partial charge < -0.3 is 15.4 Å². The molecule has 204 valence electrons. The Morgan fingerprint density at radius 2 is 1.89 bits per heavy atom. The molecule has 4 rings (SSSR count). The smallest absolute Gasteiger partial charge is 0.239 e. The number of methoxy groups -OCH3 is 1. The minimum absolute atomic E-state index is 0.0202. The van der Waals surface area contributed by atoms with Crippen LogP contribution in [-0.4, -0.2) is 43.9 Å². The van der Waals surface area contributed by atoms with E-state index in [9.17, 15) is 13.2 Å². The molecule has 3 aliphatic rings. The number of aryl methyl sites for hydroxylation is 1. The molecule has 0 saturated carbocycles. The van der Waals surface area contributed by atoms with Gasteiger partial charge in [-0.3, -0.25) is 4.79 Å². The van der Waals surface area contributed by atoms with Crippen LogP contribution in [0.2, 0.25) is 0 Å². The van der Waals surface area contributed by atoms with Crippen LogP contribution in [0.1, 0.15) is 94.9 Å². The summed E-state index contributed by atoms with van der Waals surface area (Å²) in [5, 5.41) is 6.79. The molecule has 1 saturated heterocycles. The van der Waals surface area contributed by atoms with Crippen LogP contribution in [0.25, 0.3) is 0 Å². The zero-order valence-corrected chi connectivity index (χ0v) is 23.6. The predicted octanol–water partition coefficient (Wildman–Crippen LogP) is 4.85. The van der Waals surface area contributed by atoms with E-state index in [1.165, 1.54) is 16.7 Å². The molecule has 2 N–H and O–H groups in total. The van der Waals surface area contributed by atoms with E-state index in [1.54, 1.807) is 23.6 Å². The van der Waals surface area contributed by atoms with Crippen molar-refractivity contribution in [1.29, 1.82) is 0 Å². The summed E-state index contributed by atoms with van der Waals surface area (Å²) in [6.45, 7) is 7.77. The first-order valence-corrected chi connectivity index (χ1v) is 15.1. The third kappa shape index (κ3) is 7.03. The average Bonchev–Trinajstić information content (AvgIpc) is 2.87. The monoisotopic (exact) mass is 529 g/mol. The van der Waals surface area contributed by atoms with Gasteiger partial charge >= 0.3 is 0 Å². The molecule has 0 bridgehead atoms. The van der Waals surface area contributed by atoms with Gasteiger partial charge in [0.05, 0.1) is 23.8 Å². The first kappa shape index (κ1) is 27.9. The lowest BCUT2D eigenvalue weighted by atomic mass is 9.86. The molecule has 37 heavy (non-hydrogen) atoms. The maximum absolute atomic E-state index is 13.5. The number of rotatable bonds is 8. The number of benzene rings is 1. The van der Waals surface area contributed by atoms with Crippen LogP contribution in [0, 0.1) is 0 Å². The number of ether oxygens (including phenoxy) is 1. The Labute approximate surface area is 222 Å². The fourth-order valence-corrected chi connectivity index (χ4v) is 7.43. The highest BCUT2D eigenvalue weighted by Gasteiger charge is 2.36. The molecule has 1 aliphatic heterocycles.